The lowest BCUT2D eigenvalue weighted by atomic mass is 10.1. The molecule has 154 valence electrons. The first-order valence-electron chi connectivity index (χ1n) is 8.97. The number of carbonyl (C=O) groups is 2. The fourth-order valence-electron chi connectivity index (χ4n) is 2.79. The van der Waals surface area contributed by atoms with E-state index in [1.807, 2.05) is 13.0 Å². The molecule has 0 saturated heterocycles. The van der Waals surface area contributed by atoms with Crippen molar-refractivity contribution in [2.24, 2.45) is 0 Å². The third kappa shape index (κ3) is 5.06. The summed E-state index contributed by atoms with van der Waals surface area (Å²) in [7, 11) is -4.01. The van der Waals surface area contributed by atoms with Crippen molar-refractivity contribution in [1.82, 2.24) is 0 Å². The van der Waals surface area contributed by atoms with Crippen molar-refractivity contribution in [2.75, 3.05) is 10.0 Å². The Balaban J connectivity index is 1.88. The lowest BCUT2D eigenvalue weighted by molar-refractivity contribution is 0.101. The van der Waals surface area contributed by atoms with Gasteiger partial charge in [-0.05, 0) is 61.9 Å². The van der Waals surface area contributed by atoms with Gasteiger partial charge in [0.2, 0.25) is 0 Å². The van der Waals surface area contributed by atoms with Crippen molar-refractivity contribution < 1.29 is 18.0 Å². The van der Waals surface area contributed by atoms with Crippen molar-refractivity contribution >= 4 is 44.7 Å². The van der Waals surface area contributed by atoms with Crippen LogP contribution in [0.1, 0.15) is 33.2 Å². The molecular weight excluding hydrogens is 424 g/mol. The van der Waals surface area contributed by atoms with Gasteiger partial charge in [-0.3, -0.25) is 14.3 Å². The maximum atomic E-state index is 12.8. The van der Waals surface area contributed by atoms with Crippen molar-refractivity contribution in [3.8, 4) is 0 Å². The van der Waals surface area contributed by atoms with Gasteiger partial charge in [-0.15, -0.1) is 0 Å². The molecule has 0 aliphatic heterocycles. The second kappa shape index (κ2) is 8.69. The van der Waals surface area contributed by atoms with E-state index in [0.29, 0.717) is 16.9 Å². The lowest BCUT2D eigenvalue weighted by Crippen LogP contribution is -2.16. The minimum absolute atomic E-state index is 0.00900. The molecule has 3 aromatic rings. The Kier molecular flexibility index (Phi) is 6.24. The molecule has 1 amide bonds. The van der Waals surface area contributed by atoms with Gasteiger partial charge in [0.1, 0.15) is 4.90 Å². The van der Waals surface area contributed by atoms with Crippen LogP contribution in [0.3, 0.4) is 0 Å². The molecule has 0 spiro atoms. The van der Waals surface area contributed by atoms with Gasteiger partial charge in [0, 0.05) is 22.5 Å². The number of aryl methyl sites for hydroxylation is 1. The number of nitrogens with one attached hydrogen (secondary N) is 2. The highest BCUT2D eigenvalue weighted by molar-refractivity contribution is 7.92. The standard InChI is InChI=1S/C22H19ClN2O4S/c1-14-5-3-8-19(11-14)25-30(28,29)21-13-17(9-10-20(21)23)22(27)24-18-7-4-6-16(12-18)15(2)26/h3-13,25H,1-2H3,(H,24,27). The number of carbonyl (C=O) groups excluding carboxylic acids is 2. The highest BCUT2D eigenvalue weighted by Gasteiger charge is 2.21. The largest absolute Gasteiger partial charge is 0.322 e. The number of hydrogen-bond acceptors (Lipinski definition) is 4. The van der Waals surface area contributed by atoms with Crippen LogP contribution in [0.4, 0.5) is 11.4 Å². The predicted molar refractivity (Wildman–Crippen MR) is 118 cm³/mol. The predicted octanol–water partition coefficient (Wildman–Crippen LogP) is 4.90. The van der Waals surface area contributed by atoms with Crippen molar-refractivity contribution in [2.45, 2.75) is 18.7 Å². The van der Waals surface area contributed by atoms with E-state index in [4.69, 9.17) is 11.6 Å². The number of halogens is 1. The summed E-state index contributed by atoms with van der Waals surface area (Å²) in [5.41, 5.74) is 2.26. The molecule has 8 heteroatoms. The Labute approximate surface area is 179 Å². The summed E-state index contributed by atoms with van der Waals surface area (Å²) >= 11 is 6.11. The maximum absolute atomic E-state index is 12.8. The normalized spacial score (nSPS) is 11.0. The number of amides is 1. The second-order valence-electron chi connectivity index (χ2n) is 6.71. The Bertz CT molecular complexity index is 1240. The third-order valence-corrected chi connectivity index (χ3v) is 6.14. The van der Waals surface area contributed by atoms with E-state index in [0.717, 1.165) is 5.56 Å². The van der Waals surface area contributed by atoms with E-state index in [9.17, 15) is 18.0 Å². The average Bonchev–Trinajstić information content (AvgIpc) is 2.68. The molecule has 0 saturated carbocycles. The van der Waals surface area contributed by atoms with Gasteiger partial charge in [-0.2, -0.15) is 0 Å². The average molecular weight is 443 g/mol. The first-order valence-corrected chi connectivity index (χ1v) is 10.8. The van der Waals surface area contributed by atoms with Crippen LogP contribution in [0.2, 0.25) is 5.02 Å². The quantitative estimate of drug-likeness (QED) is 0.531. The van der Waals surface area contributed by atoms with Gasteiger partial charge >= 0.3 is 0 Å². The Hall–Kier alpha value is -3.16. The molecule has 0 radical (unpaired) electrons. The van der Waals surface area contributed by atoms with E-state index in [1.165, 1.54) is 25.1 Å². The molecule has 30 heavy (non-hydrogen) atoms. The molecule has 0 aliphatic rings. The zero-order valence-electron chi connectivity index (χ0n) is 16.3. The topological polar surface area (TPSA) is 92.3 Å². The minimum Gasteiger partial charge on any atom is -0.322 e. The molecule has 3 aromatic carbocycles. The van der Waals surface area contributed by atoms with Gasteiger partial charge in [0.15, 0.2) is 5.78 Å². The number of ketones is 1. The monoisotopic (exact) mass is 442 g/mol. The Morgan fingerprint density at radius 1 is 0.867 bits per heavy atom. The number of rotatable bonds is 6. The SMILES string of the molecule is CC(=O)c1cccc(NC(=O)c2ccc(Cl)c(S(=O)(=O)Nc3cccc(C)c3)c2)c1. The van der Waals surface area contributed by atoms with Gasteiger partial charge in [0.25, 0.3) is 15.9 Å². The zero-order chi connectivity index (χ0) is 21.9. The summed E-state index contributed by atoms with van der Waals surface area (Å²) in [5.74, 6) is -0.660. The summed E-state index contributed by atoms with van der Waals surface area (Å²) in [4.78, 5) is 23.9. The van der Waals surface area contributed by atoms with Crippen LogP contribution in [0.5, 0.6) is 0 Å². The van der Waals surface area contributed by atoms with Crippen LogP contribution in [0, 0.1) is 6.92 Å². The Morgan fingerprint density at radius 2 is 1.57 bits per heavy atom. The maximum Gasteiger partial charge on any atom is 0.263 e. The van der Waals surface area contributed by atoms with E-state index in [1.54, 1.807) is 42.5 Å². The fraction of sp³-hybridized carbons (Fsp3) is 0.0909. The van der Waals surface area contributed by atoms with Gasteiger partial charge in [0.05, 0.1) is 5.02 Å². The molecule has 0 unspecified atom stereocenters. The number of hydrogen-bond donors (Lipinski definition) is 2. The van der Waals surface area contributed by atoms with Gasteiger partial charge in [-0.1, -0.05) is 35.9 Å². The van der Waals surface area contributed by atoms with Crippen molar-refractivity contribution in [3.05, 3.63) is 88.4 Å². The van der Waals surface area contributed by atoms with Gasteiger partial charge in [-0.25, -0.2) is 8.42 Å². The van der Waals surface area contributed by atoms with E-state index in [2.05, 4.69) is 10.0 Å². The first-order chi connectivity index (χ1) is 14.2. The van der Waals surface area contributed by atoms with E-state index < -0.39 is 15.9 Å². The molecule has 3 rings (SSSR count). The fourth-order valence-corrected chi connectivity index (χ4v) is 4.36. The van der Waals surface area contributed by atoms with Crippen LogP contribution < -0.4 is 10.0 Å². The van der Waals surface area contributed by atoms with Crippen molar-refractivity contribution in [1.29, 1.82) is 0 Å². The lowest BCUT2D eigenvalue weighted by Gasteiger charge is -2.12. The number of sulfonamides is 1. The molecule has 0 bridgehead atoms. The van der Waals surface area contributed by atoms with Crippen LogP contribution in [0.15, 0.2) is 71.6 Å². The highest BCUT2D eigenvalue weighted by Crippen LogP contribution is 2.26. The minimum atomic E-state index is -4.01. The molecule has 0 aliphatic carbocycles. The molecule has 0 aromatic heterocycles. The molecule has 0 atom stereocenters. The summed E-state index contributed by atoms with van der Waals surface area (Å²) in [6.45, 7) is 3.27. The molecule has 2 N–H and O–H groups in total. The molecule has 0 heterocycles. The first kappa shape index (κ1) is 21.5. The summed E-state index contributed by atoms with van der Waals surface area (Å²) in [6, 6.07) is 17.4. The van der Waals surface area contributed by atoms with Crippen molar-refractivity contribution in [3.63, 3.8) is 0 Å². The molecule has 6 nitrogen and oxygen atoms in total. The van der Waals surface area contributed by atoms with Gasteiger partial charge < -0.3 is 5.32 Å². The van der Waals surface area contributed by atoms with Crippen LogP contribution in [0.25, 0.3) is 0 Å². The summed E-state index contributed by atoms with van der Waals surface area (Å²) in [6.07, 6.45) is 0. The highest BCUT2D eigenvalue weighted by atomic mass is 35.5. The summed E-state index contributed by atoms with van der Waals surface area (Å²) < 4.78 is 28.1. The van der Waals surface area contributed by atoms with Crippen LogP contribution >= 0.6 is 11.6 Å². The number of anilines is 2. The molecule has 0 fully saturated rings. The second-order valence-corrected chi connectivity index (χ2v) is 8.77. The summed E-state index contributed by atoms with van der Waals surface area (Å²) in [5, 5.41) is 2.65. The van der Waals surface area contributed by atoms with Crippen LogP contribution in [-0.4, -0.2) is 20.1 Å². The molecular formula is C22H19ClN2O4S. The van der Waals surface area contributed by atoms with Crippen LogP contribution in [-0.2, 0) is 10.0 Å². The smallest absolute Gasteiger partial charge is 0.263 e. The number of benzene rings is 3. The zero-order valence-corrected chi connectivity index (χ0v) is 17.8. The third-order valence-electron chi connectivity index (χ3n) is 4.28. The Morgan fingerprint density at radius 3 is 2.27 bits per heavy atom. The number of Topliss-reactive ketones (excluding diaryl/α,β-unsaturated/α-hetero) is 1. The van der Waals surface area contributed by atoms with E-state index in [-0.39, 0.29) is 21.3 Å². The van der Waals surface area contributed by atoms with E-state index >= 15 is 0 Å².